The van der Waals surface area contributed by atoms with Crippen LogP contribution in [0, 0.1) is 28.9 Å². The Morgan fingerprint density at radius 1 is 1.23 bits per heavy atom. The van der Waals surface area contributed by atoms with Crippen molar-refractivity contribution in [2.75, 3.05) is 44.0 Å². The SMILES string of the molecule is CN(c1nc(OC[C@@]23CCCN2C[C@H](F)C3)nc2c(F)c(-c3ccc(F)c4sc(N)c(C#N)c34)c(C(F)(F)F)cc12)[C@H]1CCC[C@@H]1CO. The van der Waals surface area contributed by atoms with Crippen molar-refractivity contribution in [1.29, 1.82) is 5.26 Å². The van der Waals surface area contributed by atoms with E-state index in [2.05, 4.69) is 9.97 Å². The van der Waals surface area contributed by atoms with E-state index in [4.69, 9.17) is 10.5 Å². The molecule has 3 aliphatic rings. The third-order valence-electron chi connectivity index (χ3n) is 10.3. The van der Waals surface area contributed by atoms with E-state index < -0.39 is 46.2 Å². The first-order chi connectivity index (χ1) is 22.9. The fourth-order valence-corrected chi connectivity index (χ4v) is 9.01. The summed E-state index contributed by atoms with van der Waals surface area (Å²) in [5.74, 6) is -2.39. The number of nitrogens with two attached hydrogens (primary N) is 1. The summed E-state index contributed by atoms with van der Waals surface area (Å²) in [6.45, 7) is 0.811. The molecule has 1 saturated carbocycles. The molecule has 4 atom stereocenters. The van der Waals surface area contributed by atoms with E-state index in [1.165, 1.54) is 0 Å². The fourth-order valence-electron chi connectivity index (χ4n) is 8.06. The maximum Gasteiger partial charge on any atom is 0.417 e. The number of nitrogens with zero attached hydrogens (tertiary/aromatic N) is 5. The molecule has 0 unspecified atom stereocenters. The normalized spacial score (nSPS) is 24.4. The molecule has 0 bridgehead atoms. The molecule has 254 valence electrons. The van der Waals surface area contributed by atoms with Crippen LogP contribution in [0.2, 0.25) is 0 Å². The molecule has 4 heterocycles. The molecule has 1 aliphatic carbocycles. The van der Waals surface area contributed by atoms with Gasteiger partial charge in [-0.05, 0) is 49.9 Å². The van der Waals surface area contributed by atoms with Crippen molar-refractivity contribution in [1.82, 2.24) is 14.9 Å². The number of hydrogen-bond donors (Lipinski definition) is 2. The molecule has 8 nitrogen and oxygen atoms in total. The second kappa shape index (κ2) is 11.9. The summed E-state index contributed by atoms with van der Waals surface area (Å²) in [7, 11) is 1.63. The molecular formula is C33H32F6N6O2S. The Hall–Kier alpha value is -3.87. The van der Waals surface area contributed by atoms with Gasteiger partial charge in [-0.3, -0.25) is 4.90 Å². The number of halogens is 6. The van der Waals surface area contributed by atoms with Gasteiger partial charge < -0.3 is 20.5 Å². The van der Waals surface area contributed by atoms with E-state index in [9.17, 15) is 32.3 Å². The summed E-state index contributed by atoms with van der Waals surface area (Å²) < 4.78 is 97.0. The summed E-state index contributed by atoms with van der Waals surface area (Å²) in [5.41, 5.74) is 1.95. The summed E-state index contributed by atoms with van der Waals surface area (Å²) in [5, 5.41) is 19.2. The lowest BCUT2D eigenvalue weighted by atomic mass is 9.92. The number of benzene rings is 2. The van der Waals surface area contributed by atoms with Crippen LogP contribution in [0.15, 0.2) is 18.2 Å². The second-order valence-electron chi connectivity index (χ2n) is 13.0. The molecule has 0 spiro atoms. The van der Waals surface area contributed by atoms with Gasteiger partial charge >= 0.3 is 12.2 Å². The van der Waals surface area contributed by atoms with Crippen LogP contribution in [0.1, 0.15) is 49.7 Å². The Bertz CT molecular complexity index is 1960. The number of ether oxygens (including phenoxy) is 1. The first-order valence-corrected chi connectivity index (χ1v) is 16.6. The van der Waals surface area contributed by atoms with Crippen LogP contribution in [0.4, 0.5) is 37.2 Å². The number of fused-ring (bicyclic) bond motifs is 3. The van der Waals surface area contributed by atoms with Crippen LogP contribution in [0.5, 0.6) is 6.01 Å². The van der Waals surface area contributed by atoms with Gasteiger partial charge in [0.25, 0.3) is 0 Å². The molecule has 7 rings (SSSR count). The van der Waals surface area contributed by atoms with Crippen molar-refractivity contribution in [2.45, 2.75) is 62.5 Å². The van der Waals surface area contributed by atoms with Crippen molar-refractivity contribution in [2.24, 2.45) is 5.92 Å². The van der Waals surface area contributed by atoms with Gasteiger partial charge in [-0.25, -0.2) is 13.2 Å². The Kier molecular flexibility index (Phi) is 8.11. The monoisotopic (exact) mass is 690 g/mol. The summed E-state index contributed by atoms with van der Waals surface area (Å²) in [6, 6.07) is 3.90. The predicted octanol–water partition coefficient (Wildman–Crippen LogP) is 6.81. The molecule has 48 heavy (non-hydrogen) atoms. The van der Waals surface area contributed by atoms with E-state index >= 15 is 4.39 Å². The maximum atomic E-state index is 17.0. The average Bonchev–Trinajstić information content (AvgIpc) is 3.81. The molecular weight excluding hydrogens is 658 g/mol. The van der Waals surface area contributed by atoms with Crippen LogP contribution in [0.25, 0.3) is 32.1 Å². The summed E-state index contributed by atoms with van der Waals surface area (Å²) >= 11 is 0.686. The maximum absolute atomic E-state index is 17.0. The molecule has 2 aliphatic heterocycles. The van der Waals surface area contributed by atoms with Crippen molar-refractivity contribution in [3.63, 3.8) is 0 Å². The third-order valence-corrected chi connectivity index (χ3v) is 11.3. The van der Waals surface area contributed by atoms with Gasteiger partial charge in [0.2, 0.25) is 0 Å². The van der Waals surface area contributed by atoms with E-state index in [-0.39, 0.29) is 81.6 Å². The number of alkyl halides is 4. The van der Waals surface area contributed by atoms with Crippen molar-refractivity contribution in [3.05, 3.63) is 41.0 Å². The average molecular weight is 691 g/mol. The highest BCUT2D eigenvalue weighted by Gasteiger charge is 2.49. The minimum Gasteiger partial charge on any atom is -0.461 e. The molecule has 2 aromatic heterocycles. The first-order valence-electron chi connectivity index (χ1n) is 15.7. The van der Waals surface area contributed by atoms with Gasteiger partial charge in [-0.15, -0.1) is 11.3 Å². The minimum atomic E-state index is -5.10. The van der Waals surface area contributed by atoms with Gasteiger partial charge in [0.15, 0.2) is 5.82 Å². The fraction of sp³-hybridized carbons (Fsp3) is 0.485. The van der Waals surface area contributed by atoms with Crippen LogP contribution >= 0.6 is 11.3 Å². The van der Waals surface area contributed by atoms with Gasteiger partial charge in [0.05, 0.1) is 21.4 Å². The van der Waals surface area contributed by atoms with Crippen molar-refractivity contribution < 1.29 is 36.2 Å². The number of hydrogen-bond acceptors (Lipinski definition) is 9. The van der Waals surface area contributed by atoms with E-state index in [1.54, 1.807) is 11.9 Å². The van der Waals surface area contributed by atoms with Gasteiger partial charge in [-0.2, -0.15) is 28.4 Å². The Morgan fingerprint density at radius 3 is 2.75 bits per heavy atom. The highest BCUT2D eigenvalue weighted by molar-refractivity contribution is 7.23. The lowest BCUT2D eigenvalue weighted by Gasteiger charge is -2.32. The van der Waals surface area contributed by atoms with Gasteiger partial charge in [0.1, 0.15) is 41.0 Å². The molecule has 2 saturated heterocycles. The van der Waals surface area contributed by atoms with Crippen LogP contribution < -0.4 is 15.4 Å². The number of nitrogen functional groups attached to an aromatic ring is 1. The van der Waals surface area contributed by atoms with E-state index in [0.29, 0.717) is 37.1 Å². The van der Waals surface area contributed by atoms with Crippen LogP contribution in [-0.4, -0.2) is 71.1 Å². The zero-order chi connectivity index (χ0) is 34.1. The largest absolute Gasteiger partial charge is 0.461 e. The third kappa shape index (κ3) is 5.19. The van der Waals surface area contributed by atoms with E-state index in [0.717, 1.165) is 31.0 Å². The smallest absolute Gasteiger partial charge is 0.417 e. The number of thiophene rings is 1. The topological polar surface area (TPSA) is 112 Å². The van der Waals surface area contributed by atoms with E-state index in [1.807, 2.05) is 11.0 Å². The molecule has 3 fully saturated rings. The zero-order valence-electron chi connectivity index (χ0n) is 25.9. The molecule has 4 aromatic rings. The lowest BCUT2D eigenvalue weighted by Crippen LogP contribution is -2.43. The highest BCUT2D eigenvalue weighted by atomic mass is 32.1. The highest BCUT2D eigenvalue weighted by Crippen LogP contribution is 2.48. The quantitative estimate of drug-likeness (QED) is 0.204. The molecule has 2 aromatic carbocycles. The number of rotatable bonds is 7. The number of aliphatic hydroxyl groups is 1. The van der Waals surface area contributed by atoms with Crippen molar-refractivity contribution in [3.8, 4) is 23.2 Å². The van der Waals surface area contributed by atoms with Gasteiger partial charge in [-0.1, -0.05) is 12.5 Å². The van der Waals surface area contributed by atoms with Crippen LogP contribution in [-0.2, 0) is 6.18 Å². The standard InChI is InChI=1S/C33H32F6N6O2S/c1-44(23-5-2-4-16(23)14-46)30-19-10-21(33(37,38)39)25(18-6-7-22(35)28-24(18)20(12-40)29(41)48-28)26(36)27(19)42-31(43-30)47-15-32-8-3-9-45(32)13-17(34)11-32/h6-7,10,16-17,23,46H,2-5,8-9,11,13-15,41H2,1H3/t16-,17-,23+,32+/m1/s1. The lowest BCUT2D eigenvalue weighted by molar-refractivity contribution is -0.137. The molecule has 0 radical (unpaired) electrons. The number of aromatic nitrogens is 2. The van der Waals surface area contributed by atoms with Gasteiger partial charge in [0, 0.05) is 54.9 Å². The number of anilines is 2. The van der Waals surface area contributed by atoms with Crippen LogP contribution in [0.3, 0.4) is 0 Å². The zero-order valence-corrected chi connectivity index (χ0v) is 26.7. The number of nitriles is 1. The first kappa shape index (κ1) is 32.7. The molecule has 3 N–H and O–H groups in total. The molecule has 0 amide bonds. The second-order valence-corrected chi connectivity index (χ2v) is 14.1. The Balaban J connectivity index is 1.46. The Morgan fingerprint density at radius 2 is 2.02 bits per heavy atom. The Labute approximate surface area is 275 Å². The van der Waals surface area contributed by atoms with Crippen molar-refractivity contribution >= 4 is 43.1 Å². The number of aliphatic hydroxyl groups excluding tert-OH is 1. The summed E-state index contributed by atoms with van der Waals surface area (Å²) in [6.07, 6.45) is -2.29. The predicted molar refractivity (Wildman–Crippen MR) is 170 cm³/mol. The summed E-state index contributed by atoms with van der Waals surface area (Å²) in [4.78, 5) is 12.5. The molecule has 15 heteroatoms. The minimum absolute atomic E-state index is 0.00181.